The highest BCUT2D eigenvalue weighted by Crippen LogP contribution is 2.42. The van der Waals surface area contributed by atoms with Crippen molar-refractivity contribution < 1.29 is 22.8 Å². The molecule has 2 aliphatic carbocycles. The van der Waals surface area contributed by atoms with E-state index in [1.165, 1.54) is 25.2 Å². The maximum atomic E-state index is 13.7. The zero-order valence-corrected chi connectivity index (χ0v) is 18.8. The van der Waals surface area contributed by atoms with Gasteiger partial charge in [0.05, 0.1) is 29.9 Å². The van der Waals surface area contributed by atoms with Crippen molar-refractivity contribution in [2.45, 2.75) is 69.1 Å². The van der Waals surface area contributed by atoms with E-state index >= 15 is 0 Å². The van der Waals surface area contributed by atoms with Crippen molar-refractivity contribution in [3.63, 3.8) is 0 Å². The van der Waals surface area contributed by atoms with E-state index < -0.39 is 24.0 Å². The van der Waals surface area contributed by atoms with Crippen molar-refractivity contribution in [1.82, 2.24) is 25.3 Å². The number of hydrogen-bond acceptors (Lipinski definition) is 4. The van der Waals surface area contributed by atoms with Crippen LogP contribution in [-0.4, -0.2) is 76.8 Å². The summed E-state index contributed by atoms with van der Waals surface area (Å²) < 4.78 is 41.1. The fourth-order valence-electron chi connectivity index (χ4n) is 4.58. The van der Waals surface area contributed by atoms with Crippen molar-refractivity contribution >= 4 is 11.8 Å². The van der Waals surface area contributed by atoms with Crippen LogP contribution in [0.15, 0.2) is 6.20 Å². The van der Waals surface area contributed by atoms with Crippen molar-refractivity contribution in [1.29, 1.82) is 0 Å². The highest BCUT2D eigenvalue weighted by molar-refractivity contribution is 5.95. The summed E-state index contributed by atoms with van der Waals surface area (Å²) >= 11 is 0. The summed E-state index contributed by atoms with van der Waals surface area (Å²) in [5, 5.41) is 10.00. The van der Waals surface area contributed by atoms with Gasteiger partial charge in [-0.3, -0.25) is 19.6 Å². The highest BCUT2D eigenvalue weighted by atomic mass is 19.4. The fraction of sp³-hybridized carbons (Fsp3) is 0.773. The number of nitrogens with zero attached hydrogens (tertiary/aromatic N) is 3. The van der Waals surface area contributed by atoms with Gasteiger partial charge in [-0.05, 0) is 52.1 Å². The molecule has 2 amide bonds. The largest absolute Gasteiger partial charge is 0.407 e. The van der Waals surface area contributed by atoms with Crippen LogP contribution in [0.1, 0.15) is 67.4 Å². The third-order valence-electron chi connectivity index (χ3n) is 7.44. The molecule has 1 saturated heterocycles. The molecule has 1 aromatic rings. The average molecular weight is 456 g/mol. The number of nitrogens with one attached hydrogen (secondary N) is 2. The van der Waals surface area contributed by atoms with Gasteiger partial charge in [0, 0.05) is 19.0 Å². The maximum Gasteiger partial charge on any atom is 0.407 e. The molecule has 0 spiro atoms. The molecule has 1 aliphatic heterocycles. The number of amides is 2. The number of rotatable bonds is 8. The SMILES string of the molecule is CN(C)C(C)(CC(=O)N1C[C@@H](CC2CC2)[C@H](NC(=O)c2cn[nH]c2C2CC2)C1)C(F)(F)F. The van der Waals surface area contributed by atoms with Crippen LogP contribution >= 0.6 is 0 Å². The third kappa shape index (κ3) is 4.65. The molecule has 3 atom stereocenters. The molecule has 0 radical (unpaired) electrons. The van der Waals surface area contributed by atoms with E-state index in [1.54, 1.807) is 0 Å². The summed E-state index contributed by atoms with van der Waals surface area (Å²) in [7, 11) is 2.68. The number of alkyl halides is 3. The van der Waals surface area contributed by atoms with Gasteiger partial charge in [-0.15, -0.1) is 0 Å². The van der Waals surface area contributed by atoms with E-state index in [-0.39, 0.29) is 24.4 Å². The number of carbonyl (C=O) groups is 2. The Morgan fingerprint density at radius 2 is 1.91 bits per heavy atom. The number of aromatic amines is 1. The van der Waals surface area contributed by atoms with Crippen LogP contribution in [0.5, 0.6) is 0 Å². The lowest BCUT2D eigenvalue weighted by Gasteiger charge is -2.38. The van der Waals surface area contributed by atoms with Gasteiger partial charge in [0.15, 0.2) is 0 Å². The molecule has 178 valence electrons. The summed E-state index contributed by atoms with van der Waals surface area (Å²) in [6.45, 7) is 1.67. The van der Waals surface area contributed by atoms with Crippen molar-refractivity contribution in [3.8, 4) is 0 Å². The monoisotopic (exact) mass is 455 g/mol. The van der Waals surface area contributed by atoms with Gasteiger partial charge < -0.3 is 10.2 Å². The lowest BCUT2D eigenvalue weighted by atomic mass is 9.94. The molecule has 0 bridgehead atoms. The third-order valence-corrected chi connectivity index (χ3v) is 7.44. The summed E-state index contributed by atoms with van der Waals surface area (Å²) in [5.74, 6) is 0.205. The number of aromatic nitrogens is 2. The molecule has 10 heteroatoms. The van der Waals surface area contributed by atoms with Crippen LogP contribution in [0.4, 0.5) is 13.2 Å². The van der Waals surface area contributed by atoms with Crippen molar-refractivity contribution in [2.24, 2.45) is 11.8 Å². The molecule has 1 unspecified atom stereocenters. The molecular weight excluding hydrogens is 423 g/mol. The molecule has 32 heavy (non-hydrogen) atoms. The van der Waals surface area contributed by atoms with Gasteiger partial charge in [-0.25, -0.2) is 0 Å². The Morgan fingerprint density at radius 3 is 2.47 bits per heavy atom. The first-order chi connectivity index (χ1) is 15.0. The van der Waals surface area contributed by atoms with Crippen LogP contribution in [0.3, 0.4) is 0 Å². The second-order valence-electron chi connectivity index (χ2n) is 10.1. The lowest BCUT2D eigenvalue weighted by molar-refractivity contribution is -0.222. The normalized spacial score (nSPS) is 25.8. The van der Waals surface area contributed by atoms with Gasteiger partial charge in [0.1, 0.15) is 5.54 Å². The van der Waals surface area contributed by atoms with E-state index in [0.29, 0.717) is 23.9 Å². The summed E-state index contributed by atoms with van der Waals surface area (Å²) in [6.07, 6.45) is 1.55. The van der Waals surface area contributed by atoms with E-state index in [9.17, 15) is 22.8 Å². The molecule has 2 heterocycles. The molecular formula is C22H32F3N5O2. The fourth-order valence-corrected chi connectivity index (χ4v) is 4.58. The average Bonchev–Trinajstić information content (AvgIpc) is 3.62. The quantitative estimate of drug-likeness (QED) is 0.632. The first-order valence-corrected chi connectivity index (χ1v) is 11.4. The Morgan fingerprint density at radius 1 is 1.22 bits per heavy atom. The molecule has 7 nitrogen and oxygen atoms in total. The Kier molecular flexibility index (Phi) is 6.02. The van der Waals surface area contributed by atoms with Gasteiger partial charge in [-0.1, -0.05) is 12.8 Å². The first-order valence-electron chi connectivity index (χ1n) is 11.4. The number of hydrogen-bond donors (Lipinski definition) is 2. The molecule has 4 rings (SSSR count). The minimum absolute atomic E-state index is 0.0446. The number of likely N-dealkylation sites (tertiary alicyclic amines) is 1. The van der Waals surface area contributed by atoms with Crippen molar-refractivity contribution in [2.75, 3.05) is 27.2 Å². The van der Waals surface area contributed by atoms with Crippen LogP contribution in [0.2, 0.25) is 0 Å². The lowest BCUT2D eigenvalue weighted by Crippen LogP contribution is -2.56. The molecule has 2 N–H and O–H groups in total. The second kappa shape index (κ2) is 8.35. The second-order valence-corrected chi connectivity index (χ2v) is 10.1. The smallest absolute Gasteiger partial charge is 0.347 e. The summed E-state index contributed by atoms with van der Waals surface area (Å²) in [6, 6.07) is -0.273. The number of carbonyl (C=O) groups excluding carboxylic acids is 2. The minimum atomic E-state index is -4.53. The predicted molar refractivity (Wildman–Crippen MR) is 112 cm³/mol. The van der Waals surface area contributed by atoms with E-state index in [1.807, 2.05) is 0 Å². The van der Waals surface area contributed by atoms with Gasteiger partial charge >= 0.3 is 6.18 Å². The Bertz CT molecular complexity index is 862. The van der Waals surface area contributed by atoms with Crippen LogP contribution < -0.4 is 5.32 Å². The standard InChI is InChI=1S/C22H32F3N5O2/c1-21(29(2)3,22(23,24)25)9-18(31)30-11-15(8-13-4-5-13)17(12-30)27-20(32)16-10-26-28-19(16)14-6-7-14/h10,13-15,17H,4-9,11-12H2,1-3H3,(H,26,28)(H,27,32)/t15-,17-,21?/m1/s1. The first kappa shape index (κ1) is 23.1. The molecule has 0 aromatic carbocycles. The molecule has 1 aromatic heterocycles. The van der Waals surface area contributed by atoms with Crippen LogP contribution in [0.25, 0.3) is 0 Å². The van der Waals surface area contributed by atoms with E-state index in [2.05, 4.69) is 15.5 Å². The Labute approximate surface area is 186 Å². The minimum Gasteiger partial charge on any atom is -0.347 e. The zero-order valence-electron chi connectivity index (χ0n) is 18.8. The van der Waals surface area contributed by atoms with Crippen LogP contribution in [-0.2, 0) is 4.79 Å². The van der Waals surface area contributed by atoms with Crippen LogP contribution in [0, 0.1) is 11.8 Å². The summed E-state index contributed by atoms with van der Waals surface area (Å²) in [5.41, 5.74) is -0.869. The zero-order chi connectivity index (χ0) is 23.3. The molecule has 2 saturated carbocycles. The van der Waals surface area contributed by atoms with E-state index in [0.717, 1.165) is 49.6 Å². The van der Waals surface area contributed by atoms with Gasteiger partial charge in [0.2, 0.25) is 5.91 Å². The predicted octanol–water partition coefficient (Wildman–Crippen LogP) is 2.92. The number of H-pyrrole nitrogens is 1. The van der Waals surface area contributed by atoms with Gasteiger partial charge in [-0.2, -0.15) is 18.3 Å². The molecule has 3 aliphatic rings. The summed E-state index contributed by atoms with van der Waals surface area (Å²) in [4.78, 5) is 28.5. The topological polar surface area (TPSA) is 81.3 Å². The van der Waals surface area contributed by atoms with E-state index in [4.69, 9.17) is 0 Å². The molecule has 3 fully saturated rings. The Balaban J connectivity index is 1.45. The maximum absolute atomic E-state index is 13.7. The van der Waals surface area contributed by atoms with Gasteiger partial charge in [0.25, 0.3) is 5.91 Å². The Hall–Kier alpha value is -2.10. The van der Waals surface area contributed by atoms with Crippen molar-refractivity contribution in [3.05, 3.63) is 17.5 Å². The number of halogens is 3. The highest BCUT2D eigenvalue weighted by Gasteiger charge is 2.55.